The summed E-state index contributed by atoms with van der Waals surface area (Å²) in [4.78, 5) is 74.6. The van der Waals surface area contributed by atoms with Crippen molar-refractivity contribution < 1.29 is 182 Å². The number of aromatic amines is 4. The molecule has 0 saturated carbocycles. The van der Waals surface area contributed by atoms with Crippen LogP contribution in [-0.4, -0.2) is 81.0 Å². The van der Waals surface area contributed by atoms with Gasteiger partial charge in [-0.2, -0.15) is 0 Å². The molecule has 2 amide bonds. The van der Waals surface area contributed by atoms with E-state index < -0.39 is 18.3 Å². The number of amides is 2. The molecule has 4 aromatic heterocycles. The first-order valence-electron chi connectivity index (χ1n) is 26.6. The maximum absolute atomic E-state index is 12.5. The Hall–Kier alpha value is -3.22. The summed E-state index contributed by atoms with van der Waals surface area (Å²) in [5, 5.41) is 16.6. The van der Waals surface area contributed by atoms with Crippen LogP contribution in [0.5, 0.6) is 0 Å². The summed E-state index contributed by atoms with van der Waals surface area (Å²) in [5.74, 6) is 2.62. The monoisotopic (exact) mass is 1420 g/mol. The predicted octanol–water partition coefficient (Wildman–Crippen LogP) is 4.10. The second-order valence-corrected chi connectivity index (χ2v) is 22.9. The number of H-pyrrole nitrogens is 4. The Kier molecular flexibility index (Phi) is 25.0. The van der Waals surface area contributed by atoms with E-state index in [9.17, 15) is 19.2 Å². The molecule has 23 heteroatoms. The first kappa shape index (κ1) is 69.5. The van der Waals surface area contributed by atoms with Crippen LogP contribution in [-0.2, 0) is 41.4 Å². The molecule has 82 heavy (non-hydrogen) atoms. The summed E-state index contributed by atoms with van der Waals surface area (Å²) >= 11 is 3.61. The van der Waals surface area contributed by atoms with E-state index in [-0.39, 0.29) is 169 Å². The molecule has 7 heterocycles. The summed E-state index contributed by atoms with van der Waals surface area (Å²) in [6.45, 7) is 26.0. The minimum absolute atomic E-state index is 0. The van der Waals surface area contributed by atoms with Crippen LogP contribution in [0.4, 0.5) is 11.4 Å². The van der Waals surface area contributed by atoms with Crippen LogP contribution < -0.4 is 170 Å². The van der Waals surface area contributed by atoms with Crippen LogP contribution in [0.15, 0.2) is 71.6 Å². The van der Waals surface area contributed by atoms with Gasteiger partial charge in [0.05, 0.1) is 44.7 Å². The van der Waals surface area contributed by atoms with E-state index in [0.29, 0.717) is 23.9 Å². The molecular weight excluding hydrogens is 1350 g/mol. The fourth-order valence-corrected chi connectivity index (χ4v) is 10.7. The molecule has 3 aliphatic rings. The molecule has 1 fully saturated rings. The van der Waals surface area contributed by atoms with Crippen LogP contribution >= 0.6 is 15.9 Å². The van der Waals surface area contributed by atoms with Gasteiger partial charge in [0.2, 0.25) is 11.8 Å². The molecule has 1 saturated heterocycles. The quantitative estimate of drug-likeness (QED) is 0.0821. The fourth-order valence-electron chi connectivity index (χ4n) is 10.2. The van der Waals surface area contributed by atoms with Crippen LogP contribution in [0.25, 0.3) is 55.4 Å². The first-order chi connectivity index (χ1) is 37.7. The van der Waals surface area contributed by atoms with Crippen molar-refractivity contribution in [1.29, 1.82) is 0 Å². The third kappa shape index (κ3) is 15.5. The van der Waals surface area contributed by atoms with Crippen molar-refractivity contribution in [3.8, 4) is 33.4 Å². The molecule has 19 nitrogen and oxygen atoms in total. The van der Waals surface area contributed by atoms with Gasteiger partial charge in [-0.3, -0.25) is 14.4 Å². The molecule has 8 aromatic rings. The molecule has 0 atom stereocenters. The third-order valence-electron chi connectivity index (χ3n) is 14.8. The Morgan fingerprint density at radius 1 is 0.659 bits per heavy atom. The van der Waals surface area contributed by atoms with E-state index in [1.807, 2.05) is 106 Å². The molecule has 0 radical (unpaired) electrons. The number of halogens is 1. The summed E-state index contributed by atoms with van der Waals surface area (Å²) < 4.78 is 24.3. The number of fused-ring (bicyclic) bond motifs is 4. The maximum Gasteiger partial charge on any atom is 1.00 e. The molecule has 0 spiro atoms. The minimum Gasteiger partial charge on any atom is -1.00 e. The van der Waals surface area contributed by atoms with E-state index in [0.717, 1.165) is 131 Å². The Morgan fingerprint density at radius 2 is 1.09 bits per heavy atom. The molecule has 4 N–H and O–H groups in total. The predicted molar refractivity (Wildman–Crippen MR) is 314 cm³/mol. The zero-order valence-electron chi connectivity index (χ0n) is 51.3. The number of anilines is 2. The average Bonchev–Trinajstić information content (AvgIpc) is 4.22. The molecule has 3 aliphatic heterocycles. The number of rotatable bonds is 5. The molecule has 0 unspecified atom stereocenters. The second kappa shape index (κ2) is 29.4. The summed E-state index contributed by atoms with van der Waals surface area (Å²) in [7, 11) is 3.10. The number of hydrogen-bond donors (Lipinski definition) is 4. The van der Waals surface area contributed by atoms with Gasteiger partial charge in [0.15, 0.2) is 0 Å². The van der Waals surface area contributed by atoms with Gasteiger partial charge in [0.1, 0.15) is 11.5 Å². The topological polar surface area (TPSA) is 258 Å². The number of carbonyl (C=O) groups excluding carboxylic acids is 3. The minimum atomic E-state index is -0.589. The van der Waals surface area contributed by atoms with Crippen molar-refractivity contribution >= 4 is 80.2 Å². The summed E-state index contributed by atoms with van der Waals surface area (Å²) in [6, 6.07) is 16.1. The fraction of sp³-hybridized carbons (Fsp3) is 0.407. The van der Waals surface area contributed by atoms with Gasteiger partial charge in [-0.1, -0.05) is 65.2 Å². The average molecular weight is 1430 g/mol. The molecule has 11 rings (SSSR count). The van der Waals surface area contributed by atoms with Gasteiger partial charge >= 0.3 is 156 Å². The number of nitrogens with zero attached hydrogens (tertiary/aromatic N) is 4. The Labute approximate surface area is 605 Å². The summed E-state index contributed by atoms with van der Waals surface area (Å²) in [6.07, 6.45) is 4.69. The van der Waals surface area contributed by atoms with Crippen molar-refractivity contribution in [3.05, 3.63) is 119 Å². The third-order valence-corrected chi connectivity index (χ3v) is 15.9. The van der Waals surface area contributed by atoms with Crippen molar-refractivity contribution in [2.75, 3.05) is 23.9 Å². The second-order valence-electron chi connectivity index (χ2n) is 22.1. The van der Waals surface area contributed by atoms with Crippen molar-refractivity contribution in [3.63, 3.8) is 0 Å². The Morgan fingerprint density at radius 3 is 1.55 bits per heavy atom. The van der Waals surface area contributed by atoms with E-state index in [1.54, 1.807) is 9.80 Å². The van der Waals surface area contributed by atoms with Crippen LogP contribution in [0.2, 0.25) is 0 Å². The number of imidazole rings is 2. The molecule has 0 bridgehead atoms. The molecule has 426 valence electrons. The van der Waals surface area contributed by atoms with E-state index >= 15 is 0 Å². The normalized spacial score (nSPS) is 15.0. The smallest absolute Gasteiger partial charge is 1.00 e. The van der Waals surface area contributed by atoms with Gasteiger partial charge in [0.25, 0.3) is 6.47 Å². The van der Waals surface area contributed by atoms with Crippen molar-refractivity contribution in [2.45, 2.75) is 140 Å². The first-order valence-corrected chi connectivity index (χ1v) is 27.4. The number of aryl methyl sites for hydroxylation is 6. The van der Waals surface area contributed by atoms with E-state index in [2.05, 4.69) is 97.8 Å². The number of carbonyl (C=O) groups is 3. The SMILES string of the molecule is CC(C)C.Cc1ccc2c(c1-c1cc(-c3c(C)noc3C)cc3[nH]c(=O)[nH]c13)CCCC(=O)N2C.Cc1ccc2c(c1Br)CCCC(=O)N2C.Cc1noc(C)c1-c1cc(B2OC(C)(C)C(C)(C)O2)c2[nH]c(=O)[nH]c2c1.O=CO[O-].[Cs+].[Cs+].[H-]. The van der Waals surface area contributed by atoms with Gasteiger partial charge in [-0.25, -0.2) is 9.59 Å². The number of benzene rings is 4. The van der Waals surface area contributed by atoms with E-state index in [4.69, 9.17) is 28.4 Å². The maximum atomic E-state index is 12.5. The largest absolute Gasteiger partial charge is 1.00 e. The Balaban J connectivity index is 0.000000257. The van der Waals surface area contributed by atoms with Crippen molar-refractivity contribution in [1.82, 2.24) is 30.2 Å². The van der Waals surface area contributed by atoms with Gasteiger partial charge in [-0.15, -0.1) is 0 Å². The van der Waals surface area contributed by atoms with Crippen LogP contribution in [0.3, 0.4) is 0 Å². The zero-order valence-corrected chi connectivity index (χ0v) is 64.4. The van der Waals surface area contributed by atoms with Gasteiger partial charge in [0, 0.05) is 64.9 Å². The van der Waals surface area contributed by atoms with Crippen molar-refractivity contribution in [2.24, 2.45) is 5.92 Å². The molecule has 0 aliphatic carbocycles. The molecular formula is C59H72BBrCs2N8O11. The van der Waals surface area contributed by atoms with Gasteiger partial charge < -0.3 is 59.7 Å². The van der Waals surface area contributed by atoms with Gasteiger partial charge in [-0.05, 0) is 170 Å². The zero-order chi connectivity index (χ0) is 58.7. The number of nitrogens with one attached hydrogen (secondary N) is 4. The summed E-state index contributed by atoms with van der Waals surface area (Å²) in [5.41, 5.74) is 16.1. The number of hydrogen-bond acceptors (Lipinski definition) is 13. The standard InChI is InChI=1S/C24H24N4O3.C18H22BN3O4.C12H14BrNO.C4H10.CH2O3.2Cs.H/c1-12-8-9-19-16(6-5-7-20(29)28(19)4)21(12)17-10-15(22-13(2)27-31-14(22)3)11-18-23(17)26-24(30)25-18;1-9-14(10(2)24-22-9)11-7-12(15-13(8-11)20-16(23)21-15)19-25-17(3,4)18(5,6)26-19;1-8-6-7-10-9(12(8)13)4-3-5-11(15)14(10)2;1-4(2)3;2-1-4-3;;;/h8-11H,5-7H2,1-4H3,(H2,25,26,30);7-8H,1-6H3,(H2,20,21,23);6-7H,3-5H2,1-2H3;4H,1-3H3;1,3H;;;/q;;;;;2*+1;-1/p-1. The van der Waals surface area contributed by atoms with Crippen LogP contribution in [0.1, 0.15) is 121 Å². The van der Waals surface area contributed by atoms with E-state index in [1.165, 1.54) is 11.1 Å². The van der Waals surface area contributed by atoms with Crippen LogP contribution in [0, 0.1) is 47.5 Å². The molecule has 4 aromatic carbocycles. The number of aromatic nitrogens is 6. The Bertz CT molecular complexity index is 3680.